The number of para-hydroxylation sites is 2. The number of ether oxygens (including phenoxy) is 1. The number of hydrogen-bond acceptors (Lipinski definition) is 5. The van der Waals surface area contributed by atoms with Crippen LogP contribution in [0, 0.1) is 0 Å². The lowest BCUT2D eigenvalue weighted by atomic mass is 10.1. The van der Waals surface area contributed by atoms with E-state index in [0.717, 1.165) is 5.69 Å². The highest BCUT2D eigenvalue weighted by Crippen LogP contribution is 2.29. The predicted molar refractivity (Wildman–Crippen MR) is 113 cm³/mol. The van der Waals surface area contributed by atoms with Crippen LogP contribution < -0.4 is 10.3 Å². The normalized spacial score (nSPS) is 11.2. The van der Waals surface area contributed by atoms with Crippen LogP contribution in [0.1, 0.15) is 11.3 Å². The Bertz CT molecular complexity index is 1250. The van der Waals surface area contributed by atoms with E-state index in [-0.39, 0.29) is 11.4 Å². The SMILES string of the molecule is COc1ccccc1-n1c(O)c(C=NCc2ccccn2)c2ccccc2c1=O. The topological polar surface area (TPSA) is 76.7 Å². The Kier molecular flexibility index (Phi) is 5.07. The molecule has 0 saturated carbocycles. The Balaban J connectivity index is 1.91. The molecule has 0 saturated heterocycles. The summed E-state index contributed by atoms with van der Waals surface area (Å²) < 4.78 is 6.64. The highest BCUT2D eigenvalue weighted by Gasteiger charge is 2.18. The molecule has 0 atom stereocenters. The van der Waals surface area contributed by atoms with Crippen molar-refractivity contribution in [3.63, 3.8) is 0 Å². The zero-order chi connectivity index (χ0) is 20.2. The van der Waals surface area contributed by atoms with Crippen LogP contribution >= 0.6 is 0 Å². The van der Waals surface area contributed by atoms with Gasteiger partial charge in [0.25, 0.3) is 5.56 Å². The molecule has 1 N–H and O–H groups in total. The molecular weight excluding hydrogens is 366 g/mol. The second kappa shape index (κ2) is 7.98. The molecule has 6 heteroatoms. The van der Waals surface area contributed by atoms with Crippen LogP contribution in [0.15, 0.2) is 82.7 Å². The molecule has 4 aromatic rings. The third-order valence-electron chi connectivity index (χ3n) is 4.63. The van der Waals surface area contributed by atoms with Crippen molar-refractivity contribution in [3.05, 3.63) is 94.5 Å². The van der Waals surface area contributed by atoms with Crippen molar-refractivity contribution in [2.24, 2.45) is 4.99 Å². The minimum absolute atomic E-state index is 0.192. The van der Waals surface area contributed by atoms with Crippen molar-refractivity contribution in [2.75, 3.05) is 7.11 Å². The molecule has 144 valence electrons. The predicted octanol–water partition coefficient (Wildman–Crippen LogP) is 3.72. The van der Waals surface area contributed by atoms with Gasteiger partial charge in [-0.1, -0.05) is 36.4 Å². The molecule has 4 rings (SSSR count). The number of methoxy groups -OCH3 is 1. The van der Waals surface area contributed by atoms with E-state index in [2.05, 4.69) is 9.98 Å². The van der Waals surface area contributed by atoms with Crippen LogP contribution in [-0.2, 0) is 6.54 Å². The van der Waals surface area contributed by atoms with E-state index in [9.17, 15) is 9.90 Å². The Labute approximate surface area is 167 Å². The quantitative estimate of drug-likeness (QED) is 0.531. The molecule has 0 radical (unpaired) electrons. The number of rotatable bonds is 5. The van der Waals surface area contributed by atoms with E-state index in [1.807, 2.05) is 24.3 Å². The van der Waals surface area contributed by atoms with Gasteiger partial charge in [0.2, 0.25) is 5.88 Å². The standard InChI is InChI=1S/C23H19N3O3/c1-29-21-12-5-4-11-20(21)26-22(27)18-10-3-2-9-17(18)19(23(26)28)15-24-14-16-8-6-7-13-25-16/h2-13,15,28H,14H2,1H3. The lowest BCUT2D eigenvalue weighted by Gasteiger charge is -2.16. The van der Waals surface area contributed by atoms with Crippen LogP contribution in [0.25, 0.3) is 16.5 Å². The van der Waals surface area contributed by atoms with Crippen LogP contribution in [0.4, 0.5) is 0 Å². The summed E-state index contributed by atoms with van der Waals surface area (Å²) in [4.78, 5) is 21.8. The smallest absolute Gasteiger partial charge is 0.265 e. The number of hydrogen-bond donors (Lipinski definition) is 1. The fraction of sp³-hybridized carbons (Fsp3) is 0.0870. The molecule has 0 amide bonds. The lowest BCUT2D eigenvalue weighted by Crippen LogP contribution is -2.20. The first-order valence-corrected chi connectivity index (χ1v) is 9.10. The molecule has 0 bridgehead atoms. The maximum absolute atomic E-state index is 13.2. The van der Waals surface area contributed by atoms with Gasteiger partial charge in [-0.25, -0.2) is 4.57 Å². The molecule has 2 heterocycles. The Morgan fingerprint density at radius 2 is 1.76 bits per heavy atom. The molecule has 29 heavy (non-hydrogen) atoms. The first-order chi connectivity index (χ1) is 14.2. The molecule has 0 fully saturated rings. The minimum atomic E-state index is -0.329. The number of nitrogens with zero attached hydrogens (tertiary/aromatic N) is 3. The van der Waals surface area contributed by atoms with Crippen molar-refractivity contribution in [1.29, 1.82) is 0 Å². The maximum atomic E-state index is 13.2. The molecule has 6 nitrogen and oxygen atoms in total. The van der Waals surface area contributed by atoms with E-state index in [4.69, 9.17) is 4.74 Å². The molecule has 0 unspecified atom stereocenters. The van der Waals surface area contributed by atoms with Gasteiger partial charge < -0.3 is 9.84 Å². The fourth-order valence-corrected chi connectivity index (χ4v) is 3.25. The zero-order valence-electron chi connectivity index (χ0n) is 15.8. The van der Waals surface area contributed by atoms with Gasteiger partial charge in [0, 0.05) is 23.2 Å². The molecule has 0 aliphatic heterocycles. The van der Waals surface area contributed by atoms with E-state index in [0.29, 0.717) is 34.3 Å². The number of pyridine rings is 2. The van der Waals surface area contributed by atoms with E-state index < -0.39 is 0 Å². The highest BCUT2D eigenvalue weighted by molar-refractivity contribution is 6.01. The van der Waals surface area contributed by atoms with Crippen LogP contribution in [0.5, 0.6) is 11.6 Å². The van der Waals surface area contributed by atoms with E-state index >= 15 is 0 Å². The maximum Gasteiger partial charge on any atom is 0.265 e. The minimum Gasteiger partial charge on any atom is -0.495 e. The number of aromatic nitrogens is 2. The number of aliphatic imine (C=N–C) groups is 1. The van der Waals surface area contributed by atoms with Crippen molar-refractivity contribution in [3.8, 4) is 17.3 Å². The summed E-state index contributed by atoms with van der Waals surface area (Å²) in [5, 5.41) is 12.2. The van der Waals surface area contributed by atoms with Crippen molar-refractivity contribution >= 4 is 17.0 Å². The van der Waals surface area contributed by atoms with Gasteiger partial charge in [-0.05, 0) is 30.3 Å². The zero-order valence-corrected chi connectivity index (χ0v) is 15.8. The van der Waals surface area contributed by atoms with Crippen LogP contribution in [0.2, 0.25) is 0 Å². The Morgan fingerprint density at radius 1 is 1.03 bits per heavy atom. The average Bonchev–Trinajstić information content (AvgIpc) is 2.77. The molecule has 0 spiro atoms. The first-order valence-electron chi connectivity index (χ1n) is 9.10. The van der Waals surface area contributed by atoms with Crippen molar-refractivity contribution in [2.45, 2.75) is 6.54 Å². The van der Waals surface area contributed by atoms with Gasteiger partial charge in [0.15, 0.2) is 0 Å². The van der Waals surface area contributed by atoms with E-state index in [1.54, 1.807) is 54.9 Å². The Hall–Kier alpha value is -3.93. The Morgan fingerprint density at radius 3 is 2.52 bits per heavy atom. The van der Waals surface area contributed by atoms with E-state index in [1.165, 1.54) is 11.7 Å². The summed E-state index contributed by atoms with van der Waals surface area (Å²) in [5.74, 6) is 0.291. The number of aromatic hydroxyl groups is 1. The molecule has 0 aliphatic rings. The van der Waals surface area contributed by atoms with Gasteiger partial charge in [0.05, 0.1) is 30.6 Å². The lowest BCUT2D eigenvalue weighted by molar-refractivity contribution is 0.404. The molecule has 2 aromatic heterocycles. The number of fused-ring (bicyclic) bond motifs is 1. The molecular formula is C23H19N3O3. The third-order valence-corrected chi connectivity index (χ3v) is 4.63. The van der Waals surface area contributed by atoms with Gasteiger partial charge in [0.1, 0.15) is 5.75 Å². The summed E-state index contributed by atoms with van der Waals surface area (Å²) in [7, 11) is 1.52. The summed E-state index contributed by atoms with van der Waals surface area (Å²) in [6.07, 6.45) is 3.29. The average molecular weight is 385 g/mol. The highest BCUT2D eigenvalue weighted by atomic mass is 16.5. The summed E-state index contributed by atoms with van der Waals surface area (Å²) >= 11 is 0. The second-order valence-corrected chi connectivity index (χ2v) is 6.39. The van der Waals surface area contributed by atoms with Gasteiger partial charge in [-0.3, -0.25) is 14.8 Å². The van der Waals surface area contributed by atoms with Crippen LogP contribution in [-0.4, -0.2) is 28.0 Å². The van der Waals surface area contributed by atoms with Gasteiger partial charge in [-0.2, -0.15) is 0 Å². The largest absolute Gasteiger partial charge is 0.495 e. The fourth-order valence-electron chi connectivity index (χ4n) is 3.25. The third kappa shape index (κ3) is 3.48. The van der Waals surface area contributed by atoms with Crippen molar-refractivity contribution in [1.82, 2.24) is 9.55 Å². The second-order valence-electron chi connectivity index (χ2n) is 6.39. The van der Waals surface area contributed by atoms with Crippen LogP contribution in [0.3, 0.4) is 0 Å². The summed E-state index contributed by atoms with van der Waals surface area (Å²) in [6.45, 7) is 0.363. The summed E-state index contributed by atoms with van der Waals surface area (Å²) in [5.41, 5.74) is 1.40. The monoisotopic (exact) mass is 385 g/mol. The first kappa shape index (κ1) is 18.4. The van der Waals surface area contributed by atoms with Crippen molar-refractivity contribution < 1.29 is 9.84 Å². The summed E-state index contributed by atoms with van der Waals surface area (Å²) in [6, 6.07) is 19.8. The molecule has 0 aliphatic carbocycles. The number of benzene rings is 2. The molecule has 2 aromatic carbocycles. The van der Waals surface area contributed by atoms with Gasteiger partial charge in [-0.15, -0.1) is 0 Å². The van der Waals surface area contributed by atoms with Gasteiger partial charge >= 0.3 is 0 Å².